The smallest absolute Gasteiger partial charge is 0.494 e. The Balaban J connectivity index is 1.60. The summed E-state index contributed by atoms with van der Waals surface area (Å²) in [6, 6.07) is 14.5. The second-order valence-corrected chi connectivity index (χ2v) is 8.07. The van der Waals surface area contributed by atoms with Crippen LogP contribution in [0.3, 0.4) is 0 Å². The molecule has 2 aromatic heterocycles. The SMILES string of the molecule is CCOc1ccc(-n2c(C(C)NC(=O)Cc3ccc(OC(F)(F)F)cc3)nc3ncccc3c2=O)cc1. The van der Waals surface area contributed by atoms with E-state index in [1.165, 1.54) is 22.9 Å². The minimum atomic E-state index is -4.80. The highest BCUT2D eigenvalue weighted by atomic mass is 19.4. The lowest BCUT2D eigenvalue weighted by Gasteiger charge is -2.19. The first-order valence-corrected chi connectivity index (χ1v) is 11.4. The Kier molecular flexibility index (Phi) is 7.42. The van der Waals surface area contributed by atoms with Gasteiger partial charge in [0, 0.05) is 6.20 Å². The lowest BCUT2D eigenvalue weighted by atomic mass is 10.1. The normalized spacial score (nSPS) is 12.2. The maximum absolute atomic E-state index is 13.4. The second-order valence-electron chi connectivity index (χ2n) is 8.07. The molecule has 8 nitrogen and oxygen atoms in total. The average Bonchev–Trinajstić information content (AvgIpc) is 2.85. The number of rotatable bonds is 8. The van der Waals surface area contributed by atoms with Crippen molar-refractivity contribution >= 4 is 16.9 Å². The summed E-state index contributed by atoms with van der Waals surface area (Å²) in [5.74, 6) is 0.120. The number of amides is 1. The quantitative estimate of drug-likeness (QED) is 0.374. The van der Waals surface area contributed by atoms with E-state index in [-0.39, 0.29) is 29.2 Å². The molecular formula is C26H23F3N4O4. The summed E-state index contributed by atoms with van der Waals surface area (Å²) in [5, 5.41) is 3.13. The highest BCUT2D eigenvalue weighted by Gasteiger charge is 2.31. The highest BCUT2D eigenvalue weighted by Crippen LogP contribution is 2.23. The third-order valence-electron chi connectivity index (χ3n) is 5.36. The lowest BCUT2D eigenvalue weighted by molar-refractivity contribution is -0.274. The van der Waals surface area contributed by atoms with Crippen molar-refractivity contribution in [3.05, 3.63) is 88.6 Å². The van der Waals surface area contributed by atoms with Gasteiger partial charge < -0.3 is 14.8 Å². The van der Waals surface area contributed by atoms with Gasteiger partial charge >= 0.3 is 6.36 Å². The Bertz CT molecular complexity index is 1450. The number of halogens is 3. The van der Waals surface area contributed by atoms with E-state index in [9.17, 15) is 22.8 Å². The molecule has 4 aromatic rings. The molecule has 0 aliphatic rings. The largest absolute Gasteiger partial charge is 0.573 e. The third-order valence-corrected chi connectivity index (χ3v) is 5.36. The van der Waals surface area contributed by atoms with Gasteiger partial charge in [-0.15, -0.1) is 13.2 Å². The number of hydrogen-bond donors (Lipinski definition) is 1. The zero-order valence-electron chi connectivity index (χ0n) is 20.0. The molecule has 11 heteroatoms. The predicted octanol–water partition coefficient (Wildman–Crippen LogP) is 4.50. The first-order chi connectivity index (χ1) is 17.6. The number of carbonyl (C=O) groups excluding carboxylic acids is 1. The van der Waals surface area contributed by atoms with Gasteiger partial charge in [0.2, 0.25) is 5.91 Å². The zero-order valence-corrected chi connectivity index (χ0v) is 20.0. The molecule has 1 atom stereocenters. The number of pyridine rings is 1. The number of ether oxygens (including phenoxy) is 2. The number of nitrogens with one attached hydrogen (secondary N) is 1. The molecule has 1 N–H and O–H groups in total. The van der Waals surface area contributed by atoms with E-state index in [1.54, 1.807) is 43.3 Å². The van der Waals surface area contributed by atoms with Crippen LogP contribution in [-0.2, 0) is 11.2 Å². The van der Waals surface area contributed by atoms with Gasteiger partial charge in [0.15, 0.2) is 5.65 Å². The van der Waals surface area contributed by atoms with E-state index in [4.69, 9.17) is 4.74 Å². The van der Waals surface area contributed by atoms with E-state index < -0.39 is 18.3 Å². The third kappa shape index (κ3) is 6.24. The Morgan fingerprint density at radius 3 is 2.38 bits per heavy atom. The summed E-state index contributed by atoms with van der Waals surface area (Å²) in [4.78, 5) is 34.9. The molecule has 0 saturated carbocycles. The summed E-state index contributed by atoms with van der Waals surface area (Å²) in [6.07, 6.45) is -3.37. The van der Waals surface area contributed by atoms with Crippen LogP contribution in [0.5, 0.6) is 11.5 Å². The molecule has 192 valence electrons. The Morgan fingerprint density at radius 2 is 1.73 bits per heavy atom. The van der Waals surface area contributed by atoms with E-state index in [0.29, 0.717) is 29.0 Å². The van der Waals surface area contributed by atoms with Crippen LogP contribution in [0.1, 0.15) is 31.3 Å². The van der Waals surface area contributed by atoms with Crippen LogP contribution in [0.25, 0.3) is 16.7 Å². The monoisotopic (exact) mass is 512 g/mol. The van der Waals surface area contributed by atoms with Crippen LogP contribution in [0, 0.1) is 0 Å². The average molecular weight is 512 g/mol. The molecule has 0 aliphatic carbocycles. The summed E-state index contributed by atoms with van der Waals surface area (Å²) in [7, 11) is 0. The van der Waals surface area contributed by atoms with E-state index >= 15 is 0 Å². The van der Waals surface area contributed by atoms with Crippen LogP contribution in [0.2, 0.25) is 0 Å². The molecule has 2 aromatic carbocycles. The number of hydrogen-bond acceptors (Lipinski definition) is 6. The molecule has 2 heterocycles. The maximum Gasteiger partial charge on any atom is 0.573 e. The fraction of sp³-hybridized carbons (Fsp3) is 0.231. The fourth-order valence-electron chi connectivity index (χ4n) is 3.79. The summed E-state index contributed by atoms with van der Waals surface area (Å²) in [6.45, 7) is 4.04. The molecule has 0 aliphatic heterocycles. The fourth-order valence-corrected chi connectivity index (χ4v) is 3.79. The van der Waals surface area contributed by atoms with Crippen molar-refractivity contribution in [3.63, 3.8) is 0 Å². The molecule has 4 rings (SSSR count). The van der Waals surface area contributed by atoms with Crippen molar-refractivity contribution in [2.75, 3.05) is 6.61 Å². The van der Waals surface area contributed by atoms with Gasteiger partial charge in [-0.3, -0.25) is 14.2 Å². The molecule has 0 fully saturated rings. The van der Waals surface area contributed by atoms with Crippen molar-refractivity contribution in [3.8, 4) is 17.2 Å². The van der Waals surface area contributed by atoms with Gasteiger partial charge in [-0.05, 0) is 67.9 Å². The number of alkyl halides is 3. The second kappa shape index (κ2) is 10.7. The van der Waals surface area contributed by atoms with E-state index in [0.717, 1.165) is 12.1 Å². The maximum atomic E-state index is 13.4. The Labute approximate surface area is 209 Å². The standard InChI is InChI=1S/C26H23F3N4O4/c1-3-36-19-12-8-18(9-13-19)33-24(32-23-21(25(33)35)5-4-14-30-23)16(2)31-22(34)15-17-6-10-20(11-7-17)37-26(27,28)29/h4-14,16H,3,15H2,1-2H3,(H,31,34). The van der Waals surface area contributed by atoms with Crippen molar-refractivity contribution < 1.29 is 27.4 Å². The lowest BCUT2D eigenvalue weighted by Crippen LogP contribution is -2.34. The number of benzene rings is 2. The van der Waals surface area contributed by atoms with Gasteiger partial charge in [0.05, 0.1) is 30.1 Å². The van der Waals surface area contributed by atoms with Crippen LogP contribution in [-0.4, -0.2) is 33.4 Å². The minimum Gasteiger partial charge on any atom is -0.494 e. The predicted molar refractivity (Wildman–Crippen MR) is 130 cm³/mol. The van der Waals surface area contributed by atoms with Crippen LogP contribution < -0.4 is 20.3 Å². The van der Waals surface area contributed by atoms with Crippen molar-refractivity contribution in [2.24, 2.45) is 0 Å². The Morgan fingerprint density at radius 1 is 1.05 bits per heavy atom. The Hall–Kier alpha value is -4.41. The summed E-state index contributed by atoms with van der Waals surface area (Å²) in [5.41, 5.74) is 0.906. The molecule has 0 bridgehead atoms. The number of nitrogens with zero attached hydrogens (tertiary/aromatic N) is 3. The van der Waals surface area contributed by atoms with Crippen LogP contribution in [0.15, 0.2) is 71.7 Å². The van der Waals surface area contributed by atoms with Gasteiger partial charge in [0.1, 0.15) is 17.3 Å². The molecule has 1 amide bonds. The van der Waals surface area contributed by atoms with Gasteiger partial charge in [-0.1, -0.05) is 12.1 Å². The van der Waals surface area contributed by atoms with Crippen molar-refractivity contribution in [2.45, 2.75) is 32.7 Å². The van der Waals surface area contributed by atoms with E-state index in [1.807, 2.05) is 6.92 Å². The number of fused-ring (bicyclic) bond motifs is 1. The molecule has 37 heavy (non-hydrogen) atoms. The van der Waals surface area contributed by atoms with Gasteiger partial charge in [-0.2, -0.15) is 0 Å². The number of carbonyl (C=O) groups is 1. The van der Waals surface area contributed by atoms with E-state index in [2.05, 4.69) is 20.0 Å². The minimum absolute atomic E-state index is 0.101. The topological polar surface area (TPSA) is 95.3 Å². The molecule has 0 spiro atoms. The zero-order chi connectivity index (χ0) is 26.6. The molecule has 0 radical (unpaired) electrons. The first-order valence-electron chi connectivity index (χ1n) is 11.4. The van der Waals surface area contributed by atoms with Crippen LogP contribution >= 0.6 is 0 Å². The van der Waals surface area contributed by atoms with Gasteiger partial charge in [0.25, 0.3) is 5.56 Å². The summed E-state index contributed by atoms with van der Waals surface area (Å²) >= 11 is 0. The number of aromatic nitrogens is 3. The highest BCUT2D eigenvalue weighted by molar-refractivity contribution is 5.79. The van der Waals surface area contributed by atoms with Crippen molar-refractivity contribution in [1.82, 2.24) is 19.9 Å². The first kappa shape index (κ1) is 25.7. The molecule has 0 saturated heterocycles. The molecular weight excluding hydrogens is 489 g/mol. The van der Waals surface area contributed by atoms with Gasteiger partial charge in [-0.25, -0.2) is 9.97 Å². The molecule has 1 unspecified atom stereocenters. The summed E-state index contributed by atoms with van der Waals surface area (Å²) < 4.78 is 47.8. The van der Waals surface area contributed by atoms with Crippen molar-refractivity contribution in [1.29, 1.82) is 0 Å². The van der Waals surface area contributed by atoms with Crippen LogP contribution in [0.4, 0.5) is 13.2 Å².